The van der Waals surface area contributed by atoms with Gasteiger partial charge in [0.15, 0.2) is 6.29 Å². The number of carbonyl (C=O) groups is 2. The SMILES string of the molecule is C[C@@H](O)[C@H](C[C@]1(C)COC1OCCC(=O)O)OC(=O)c1ccccc1. The van der Waals surface area contributed by atoms with Gasteiger partial charge in [-0.2, -0.15) is 0 Å². The van der Waals surface area contributed by atoms with Gasteiger partial charge in [0, 0.05) is 5.41 Å². The lowest BCUT2D eigenvalue weighted by atomic mass is 9.79. The van der Waals surface area contributed by atoms with Crippen molar-refractivity contribution in [3.05, 3.63) is 35.9 Å². The van der Waals surface area contributed by atoms with Gasteiger partial charge in [-0.25, -0.2) is 4.79 Å². The summed E-state index contributed by atoms with van der Waals surface area (Å²) < 4.78 is 16.3. The van der Waals surface area contributed by atoms with Gasteiger partial charge in [-0.05, 0) is 25.5 Å². The minimum atomic E-state index is -0.945. The molecule has 0 spiro atoms. The van der Waals surface area contributed by atoms with Crippen molar-refractivity contribution < 1.29 is 34.0 Å². The highest BCUT2D eigenvalue weighted by molar-refractivity contribution is 5.89. The molecule has 1 heterocycles. The number of benzene rings is 1. The Kier molecular flexibility index (Phi) is 6.52. The number of ether oxygens (including phenoxy) is 3. The molecule has 1 aliphatic heterocycles. The van der Waals surface area contributed by atoms with Gasteiger partial charge in [0.25, 0.3) is 0 Å². The Morgan fingerprint density at radius 2 is 2.04 bits per heavy atom. The van der Waals surface area contributed by atoms with Crippen LogP contribution in [0, 0.1) is 5.41 Å². The molecule has 1 saturated heterocycles. The molecule has 7 heteroatoms. The fourth-order valence-corrected chi connectivity index (χ4v) is 2.64. The van der Waals surface area contributed by atoms with Crippen molar-refractivity contribution in [3.8, 4) is 0 Å². The lowest BCUT2D eigenvalue weighted by Gasteiger charge is -2.47. The highest BCUT2D eigenvalue weighted by atomic mass is 16.7. The van der Waals surface area contributed by atoms with Crippen molar-refractivity contribution in [2.24, 2.45) is 5.41 Å². The number of esters is 1. The van der Waals surface area contributed by atoms with Crippen LogP contribution >= 0.6 is 0 Å². The number of hydrogen-bond donors (Lipinski definition) is 2. The number of carbonyl (C=O) groups excluding carboxylic acids is 1. The number of aliphatic hydroxyl groups is 1. The molecule has 1 unspecified atom stereocenters. The fourth-order valence-electron chi connectivity index (χ4n) is 2.64. The van der Waals surface area contributed by atoms with Crippen LogP contribution in [0.5, 0.6) is 0 Å². The number of carboxylic acids is 1. The summed E-state index contributed by atoms with van der Waals surface area (Å²) in [5.74, 6) is -1.45. The van der Waals surface area contributed by atoms with Crippen LogP contribution in [0.2, 0.25) is 0 Å². The zero-order chi connectivity index (χ0) is 18.4. The third-order valence-corrected chi connectivity index (χ3v) is 4.19. The van der Waals surface area contributed by atoms with Gasteiger partial charge < -0.3 is 24.4 Å². The first-order chi connectivity index (χ1) is 11.8. The van der Waals surface area contributed by atoms with E-state index in [4.69, 9.17) is 19.3 Å². The summed E-state index contributed by atoms with van der Waals surface area (Å²) >= 11 is 0. The van der Waals surface area contributed by atoms with Crippen LogP contribution in [0.1, 0.15) is 37.0 Å². The van der Waals surface area contributed by atoms with E-state index >= 15 is 0 Å². The summed E-state index contributed by atoms with van der Waals surface area (Å²) in [4.78, 5) is 22.8. The molecule has 2 rings (SSSR count). The summed E-state index contributed by atoms with van der Waals surface area (Å²) in [5.41, 5.74) is -0.0469. The standard InChI is InChI=1S/C18H24O7/c1-12(19)14(25-16(22)13-6-4-3-5-7-13)10-18(2)11-24-17(18)23-9-8-15(20)21/h3-7,12,14,17,19H,8-11H2,1-2H3,(H,20,21)/t12-,14+,17?,18-/m1/s1. The topological polar surface area (TPSA) is 102 Å². The third kappa shape index (κ3) is 5.26. The molecule has 0 aliphatic carbocycles. The molecule has 7 nitrogen and oxygen atoms in total. The molecule has 25 heavy (non-hydrogen) atoms. The van der Waals surface area contributed by atoms with Crippen LogP contribution in [0.25, 0.3) is 0 Å². The third-order valence-electron chi connectivity index (χ3n) is 4.19. The van der Waals surface area contributed by atoms with Crippen molar-refractivity contribution in [2.75, 3.05) is 13.2 Å². The maximum atomic E-state index is 12.2. The zero-order valence-corrected chi connectivity index (χ0v) is 14.4. The van der Waals surface area contributed by atoms with E-state index in [-0.39, 0.29) is 13.0 Å². The van der Waals surface area contributed by atoms with Crippen LogP contribution in [0.15, 0.2) is 30.3 Å². The Labute approximate surface area is 146 Å². The van der Waals surface area contributed by atoms with E-state index in [0.717, 1.165) is 0 Å². The van der Waals surface area contributed by atoms with E-state index in [1.54, 1.807) is 37.3 Å². The molecule has 1 aromatic rings. The van der Waals surface area contributed by atoms with E-state index in [9.17, 15) is 14.7 Å². The molecule has 0 amide bonds. The van der Waals surface area contributed by atoms with Crippen molar-refractivity contribution in [3.63, 3.8) is 0 Å². The van der Waals surface area contributed by atoms with Gasteiger partial charge in [-0.3, -0.25) is 4.79 Å². The molecule has 0 bridgehead atoms. The van der Waals surface area contributed by atoms with E-state index in [1.165, 1.54) is 0 Å². The first-order valence-corrected chi connectivity index (χ1v) is 8.21. The quantitative estimate of drug-likeness (QED) is 0.654. The smallest absolute Gasteiger partial charge is 0.338 e. The Balaban J connectivity index is 1.94. The minimum absolute atomic E-state index is 0.0404. The van der Waals surface area contributed by atoms with E-state index in [1.807, 2.05) is 6.92 Å². The summed E-state index contributed by atoms with van der Waals surface area (Å²) in [6.07, 6.45) is -1.92. The lowest BCUT2D eigenvalue weighted by Crippen LogP contribution is -2.54. The fraction of sp³-hybridized carbons (Fsp3) is 0.556. The second-order valence-electron chi connectivity index (χ2n) is 6.57. The molecule has 1 aliphatic rings. The predicted molar refractivity (Wildman–Crippen MR) is 88.0 cm³/mol. The second-order valence-corrected chi connectivity index (χ2v) is 6.57. The molecule has 1 aromatic carbocycles. The average molecular weight is 352 g/mol. The van der Waals surface area contributed by atoms with Crippen LogP contribution in [0.4, 0.5) is 0 Å². The molecule has 1 fully saturated rings. The number of aliphatic hydroxyl groups excluding tert-OH is 1. The summed E-state index contributed by atoms with van der Waals surface area (Å²) in [7, 11) is 0. The first kappa shape index (κ1) is 19.4. The molecule has 0 saturated carbocycles. The zero-order valence-electron chi connectivity index (χ0n) is 14.4. The maximum absolute atomic E-state index is 12.2. The predicted octanol–water partition coefficient (Wildman–Crippen LogP) is 1.84. The Morgan fingerprint density at radius 3 is 2.56 bits per heavy atom. The number of carboxylic acid groups (broad SMARTS) is 1. The van der Waals surface area contributed by atoms with E-state index in [2.05, 4.69) is 0 Å². The van der Waals surface area contributed by atoms with Gasteiger partial charge in [0.2, 0.25) is 0 Å². The van der Waals surface area contributed by atoms with Gasteiger partial charge in [-0.15, -0.1) is 0 Å². The number of aliphatic carboxylic acids is 1. The monoisotopic (exact) mass is 352 g/mol. The summed E-state index contributed by atoms with van der Waals surface area (Å²) in [6, 6.07) is 8.57. The number of hydrogen-bond acceptors (Lipinski definition) is 6. The lowest BCUT2D eigenvalue weighted by molar-refractivity contribution is -0.310. The van der Waals surface area contributed by atoms with Crippen LogP contribution in [0.3, 0.4) is 0 Å². The van der Waals surface area contributed by atoms with Crippen molar-refractivity contribution in [1.29, 1.82) is 0 Å². The molecular formula is C18H24O7. The van der Waals surface area contributed by atoms with Gasteiger partial charge in [-0.1, -0.05) is 25.1 Å². The summed E-state index contributed by atoms with van der Waals surface area (Å²) in [6.45, 7) is 3.88. The molecule has 4 atom stereocenters. The highest BCUT2D eigenvalue weighted by Crippen LogP contribution is 2.40. The van der Waals surface area contributed by atoms with Crippen LogP contribution in [-0.4, -0.2) is 53.9 Å². The normalized spacial score (nSPS) is 24.8. The minimum Gasteiger partial charge on any atom is -0.481 e. The van der Waals surface area contributed by atoms with Crippen molar-refractivity contribution in [2.45, 2.75) is 45.2 Å². The second kappa shape index (κ2) is 8.42. The molecule has 138 valence electrons. The Hall–Kier alpha value is -1.96. The van der Waals surface area contributed by atoms with Crippen LogP contribution in [-0.2, 0) is 19.0 Å². The Morgan fingerprint density at radius 1 is 1.36 bits per heavy atom. The summed E-state index contributed by atoms with van der Waals surface area (Å²) in [5, 5.41) is 18.7. The number of rotatable bonds is 9. The highest BCUT2D eigenvalue weighted by Gasteiger charge is 2.48. The van der Waals surface area contributed by atoms with Crippen molar-refractivity contribution >= 4 is 11.9 Å². The van der Waals surface area contributed by atoms with E-state index < -0.39 is 35.9 Å². The van der Waals surface area contributed by atoms with Gasteiger partial charge >= 0.3 is 11.9 Å². The molecule has 2 N–H and O–H groups in total. The van der Waals surface area contributed by atoms with Crippen molar-refractivity contribution in [1.82, 2.24) is 0 Å². The van der Waals surface area contributed by atoms with E-state index in [0.29, 0.717) is 18.6 Å². The maximum Gasteiger partial charge on any atom is 0.338 e. The first-order valence-electron chi connectivity index (χ1n) is 8.21. The molecule has 0 aromatic heterocycles. The largest absolute Gasteiger partial charge is 0.481 e. The molecule has 0 radical (unpaired) electrons. The Bertz CT molecular complexity index is 586. The van der Waals surface area contributed by atoms with Crippen LogP contribution < -0.4 is 0 Å². The average Bonchev–Trinajstić information content (AvgIpc) is 2.57. The van der Waals surface area contributed by atoms with Gasteiger partial charge in [0.1, 0.15) is 6.10 Å². The molecular weight excluding hydrogens is 328 g/mol. The van der Waals surface area contributed by atoms with Gasteiger partial charge in [0.05, 0.1) is 31.3 Å².